The number of aryl methyl sites for hydroxylation is 2. The predicted octanol–water partition coefficient (Wildman–Crippen LogP) is 5.16. The molecule has 0 radical (unpaired) electrons. The lowest BCUT2D eigenvalue weighted by molar-refractivity contribution is 1.29. The molecule has 4 rings (SSSR count). The zero-order chi connectivity index (χ0) is 15.3. The van der Waals surface area contributed by atoms with Crippen molar-refractivity contribution < 1.29 is 0 Å². The van der Waals surface area contributed by atoms with Crippen molar-refractivity contribution >= 4 is 37.9 Å². The fourth-order valence-electron chi connectivity index (χ4n) is 2.76. The minimum absolute atomic E-state index is 0.969. The van der Waals surface area contributed by atoms with Gasteiger partial charge in [-0.15, -0.1) is 0 Å². The van der Waals surface area contributed by atoms with Gasteiger partial charge in [0, 0.05) is 16.1 Å². The summed E-state index contributed by atoms with van der Waals surface area (Å²) in [5.41, 5.74) is 7.28. The Bertz CT molecular complexity index is 1020. The van der Waals surface area contributed by atoms with Crippen LogP contribution in [0.3, 0.4) is 0 Å². The quantitative estimate of drug-likeness (QED) is 0.514. The molecule has 0 atom stereocenters. The molecule has 108 valence electrons. The van der Waals surface area contributed by atoms with Gasteiger partial charge >= 0.3 is 0 Å². The molecule has 3 heterocycles. The molecule has 3 nitrogen and oxygen atoms in total. The topological polar surface area (TPSA) is 41.6 Å². The molecular weight excluding hydrogens is 338 g/mol. The Labute approximate surface area is 136 Å². The summed E-state index contributed by atoms with van der Waals surface area (Å²) < 4.78 is 1.04. The second-order valence-electron chi connectivity index (χ2n) is 5.62. The lowest BCUT2D eigenvalue weighted by atomic mass is 10.1. The standard InChI is InChI=1S/C18H14BrN3/c1-10-5-16-15(20-9-10)8-17(21-16)18-11(2)6-12-3-4-13(19)7-14(12)22-18/h3-9,21H,1-2H3. The van der Waals surface area contributed by atoms with Crippen LogP contribution in [-0.2, 0) is 0 Å². The molecule has 0 saturated heterocycles. The summed E-state index contributed by atoms with van der Waals surface area (Å²) in [6.07, 6.45) is 1.89. The van der Waals surface area contributed by atoms with Gasteiger partial charge in [-0.3, -0.25) is 4.98 Å². The molecular formula is C18H14BrN3. The van der Waals surface area contributed by atoms with E-state index in [4.69, 9.17) is 4.98 Å². The fourth-order valence-corrected chi connectivity index (χ4v) is 3.11. The molecule has 22 heavy (non-hydrogen) atoms. The van der Waals surface area contributed by atoms with Gasteiger partial charge in [0.05, 0.1) is 27.9 Å². The molecule has 1 N–H and O–H groups in total. The Balaban J connectivity index is 1.96. The van der Waals surface area contributed by atoms with Gasteiger partial charge in [-0.1, -0.05) is 22.0 Å². The van der Waals surface area contributed by atoms with E-state index in [2.05, 4.69) is 57.1 Å². The Morgan fingerprint density at radius 3 is 2.73 bits per heavy atom. The zero-order valence-corrected chi connectivity index (χ0v) is 13.9. The summed E-state index contributed by atoms with van der Waals surface area (Å²) in [6.45, 7) is 4.14. The van der Waals surface area contributed by atoms with E-state index < -0.39 is 0 Å². The highest BCUT2D eigenvalue weighted by Crippen LogP contribution is 2.28. The second-order valence-corrected chi connectivity index (χ2v) is 6.54. The number of benzene rings is 1. The van der Waals surface area contributed by atoms with Crippen LogP contribution in [0.1, 0.15) is 11.1 Å². The highest BCUT2D eigenvalue weighted by atomic mass is 79.9. The molecule has 4 aromatic rings. The van der Waals surface area contributed by atoms with Gasteiger partial charge < -0.3 is 4.98 Å². The fraction of sp³-hybridized carbons (Fsp3) is 0.111. The molecule has 0 amide bonds. The van der Waals surface area contributed by atoms with Crippen LogP contribution >= 0.6 is 15.9 Å². The van der Waals surface area contributed by atoms with Crippen LogP contribution in [0.5, 0.6) is 0 Å². The van der Waals surface area contributed by atoms with Crippen molar-refractivity contribution in [1.29, 1.82) is 0 Å². The maximum atomic E-state index is 4.83. The molecule has 1 aromatic carbocycles. The van der Waals surface area contributed by atoms with Crippen molar-refractivity contribution in [2.24, 2.45) is 0 Å². The monoisotopic (exact) mass is 351 g/mol. The summed E-state index contributed by atoms with van der Waals surface area (Å²) in [4.78, 5) is 12.7. The van der Waals surface area contributed by atoms with Crippen molar-refractivity contribution in [2.45, 2.75) is 13.8 Å². The molecule has 0 fully saturated rings. The largest absolute Gasteiger partial charge is 0.352 e. The van der Waals surface area contributed by atoms with E-state index in [1.165, 1.54) is 0 Å². The Kier molecular flexibility index (Phi) is 3.01. The molecule has 0 spiro atoms. The van der Waals surface area contributed by atoms with E-state index in [0.717, 1.165) is 48.9 Å². The number of rotatable bonds is 1. The molecule has 0 saturated carbocycles. The molecule has 3 aromatic heterocycles. The number of aromatic amines is 1. The van der Waals surface area contributed by atoms with E-state index in [-0.39, 0.29) is 0 Å². The van der Waals surface area contributed by atoms with Crippen LogP contribution in [0.4, 0.5) is 0 Å². The number of aromatic nitrogens is 3. The number of nitrogens with zero attached hydrogens (tertiary/aromatic N) is 2. The third-order valence-corrected chi connectivity index (χ3v) is 4.32. The van der Waals surface area contributed by atoms with Gasteiger partial charge in [0.1, 0.15) is 0 Å². The molecule has 0 aliphatic rings. The van der Waals surface area contributed by atoms with Gasteiger partial charge in [0.15, 0.2) is 0 Å². The number of halogens is 1. The molecule has 0 aliphatic carbocycles. The average Bonchev–Trinajstić information content (AvgIpc) is 2.89. The predicted molar refractivity (Wildman–Crippen MR) is 94.0 cm³/mol. The van der Waals surface area contributed by atoms with Gasteiger partial charge in [-0.2, -0.15) is 0 Å². The summed E-state index contributed by atoms with van der Waals surface area (Å²) in [5, 5.41) is 1.15. The third-order valence-electron chi connectivity index (χ3n) is 3.83. The molecule has 0 unspecified atom stereocenters. The normalized spacial score (nSPS) is 11.4. The summed E-state index contributed by atoms with van der Waals surface area (Å²) >= 11 is 3.51. The van der Waals surface area contributed by atoms with Crippen molar-refractivity contribution in [1.82, 2.24) is 15.0 Å². The smallest absolute Gasteiger partial charge is 0.0902 e. The molecule has 0 bridgehead atoms. The minimum Gasteiger partial charge on any atom is -0.352 e. The van der Waals surface area contributed by atoms with Gasteiger partial charge in [0.25, 0.3) is 0 Å². The van der Waals surface area contributed by atoms with E-state index in [0.29, 0.717) is 0 Å². The summed E-state index contributed by atoms with van der Waals surface area (Å²) in [6, 6.07) is 12.5. The van der Waals surface area contributed by atoms with E-state index in [1.807, 2.05) is 25.3 Å². The van der Waals surface area contributed by atoms with Crippen LogP contribution in [0, 0.1) is 13.8 Å². The molecule has 0 aliphatic heterocycles. The van der Waals surface area contributed by atoms with Gasteiger partial charge in [-0.05, 0) is 55.3 Å². The SMILES string of the molecule is Cc1cnc2cc(-c3nc4cc(Br)ccc4cc3C)[nH]c2c1. The lowest BCUT2D eigenvalue weighted by Crippen LogP contribution is -1.90. The maximum Gasteiger partial charge on any atom is 0.0902 e. The highest BCUT2D eigenvalue weighted by Gasteiger charge is 2.10. The van der Waals surface area contributed by atoms with Crippen LogP contribution in [0.15, 0.2) is 47.1 Å². The summed E-state index contributed by atoms with van der Waals surface area (Å²) in [7, 11) is 0. The van der Waals surface area contributed by atoms with E-state index in [9.17, 15) is 0 Å². The average molecular weight is 352 g/mol. The number of nitrogens with one attached hydrogen (secondary N) is 1. The van der Waals surface area contributed by atoms with Crippen LogP contribution in [0.2, 0.25) is 0 Å². The number of pyridine rings is 2. The Hall–Kier alpha value is -2.20. The van der Waals surface area contributed by atoms with E-state index >= 15 is 0 Å². The summed E-state index contributed by atoms with van der Waals surface area (Å²) in [5.74, 6) is 0. The number of hydrogen-bond acceptors (Lipinski definition) is 2. The lowest BCUT2D eigenvalue weighted by Gasteiger charge is -2.06. The van der Waals surface area contributed by atoms with Crippen molar-refractivity contribution in [3.05, 3.63) is 58.2 Å². The van der Waals surface area contributed by atoms with Gasteiger partial charge in [-0.25, -0.2) is 4.98 Å². The van der Waals surface area contributed by atoms with E-state index in [1.54, 1.807) is 0 Å². The van der Waals surface area contributed by atoms with Crippen molar-refractivity contribution in [2.75, 3.05) is 0 Å². The van der Waals surface area contributed by atoms with Gasteiger partial charge in [0.2, 0.25) is 0 Å². The highest BCUT2D eigenvalue weighted by molar-refractivity contribution is 9.10. The second kappa shape index (κ2) is 4.92. The number of fused-ring (bicyclic) bond motifs is 2. The Morgan fingerprint density at radius 2 is 1.86 bits per heavy atom. The zero-order valence-electron chi connectivity index (χ0n) is 12.3. The maximum absolute atomic E-state index is 4.83. The first-order valence-electron chi connectivity index (χ1n) is 7.13. The van der Waals surface area contributed by atoms with Crippen LogP contribution in [-0.4, -0.2) is 15.0 Å². The number of H-pyrrole nitrogens is 1. The Morgan fingerprint density at radius 1 is 1.00 bits per heavy atom. The van der Waals surface area contributed by atoms with Crippen molar-refractivity contribution in [3.63, 3.8) is 0 Å². The first kappa shape index (κ1) is 13.5. The number of hydrogen-bond donors (Lipinski definition) is 1. The van der Waals surface area contributed by atoms with Crippen molar-refractivity contribution in [3.8, 4) is 11.4 Å². The first-order valence-corrected chi connectivity index (χ1v) is 7.92. The third kappa shape index (κ3) is 2.20. The molecule has 4 heteroatoms. The first-order chi connectivity index (χ1) is 10.6. The van der Waals surface area contributed by atoms with Crippen LogP contribution < -0.4 is 0 Å². The minimum atomic E-state index is 0.969. The van der Waals surface area contributed by atoms with Crippen LogP contribution in [0.25, 0.3) is 33.3 Å².